The van der Waals surface area contributed by atoms with Crippen LogP contribution in [0.5, 0.6) is 5.75 Å². The first-order chi connectivity index (χ1) is 14.8. The molecule has 0 fully saturated rings. The predicted octanol–water partition coefficient (Wildman–Crippen LogP) is 5.27. The molecule has 3 aromatic rings. The molecule has 6 heteroatoms. The van der Waals surface area contributed by atoms with Crippen LogP contribution in [-0.4, -0.2) is 49.4 Å². The Kier molecular flexibility index (Phi) is 13.3. The highest BCUT2D eigenvalue weighted by molar-refractivity contribution is 5.88. The van der Waals surface area contributed by atoms with E-state index in [0.29, 0.717) is 13.2 Å². The third-order valence-electron chi connectivity index (χ3n) is 5.62. The van der Waals surface area contributed by atoms with Crippen LogP contribution in [-0.2, 0) is 6.42 Å². The molecule has 0 aromatic heterocycles. The van der Waals surface area contributed by atoms with E-state index in [-0.39, 0.29) is 37.5 Å². The molecule has 0 spiro atoms. The van der Waals surface area contributed by atoms with Crippen molar-refractivity contribution in [3.05, 3.63) is 77.9 Å². The van der Waals surface area contributed by atoms with E-state index in [0.717, 1.165) is 31.8 Å². The van der Waals surface area contributed by atoms with Gasteiger partial charge >= 0.3 is 0 Å². The van der Waals surface area contributed by atoms with Gasteiger partial charge in [-0.2, -0.15) is 0 Å². The summed E-state index contributed by atoms with van der Waals surface area (Å²) in [5.41, 5.74) is 2.43. The minimum absolute atomic E-state index is 0. The Labute approximate surface area is 204 Å². The average Bonchev–Trinajstić information content (AvgIpc) is 2.80. The maximum Gasteiger partial charge on any atom is 0.124 e. The van der Waals surface area contributed by atoms with Gasteiger partial charge in [0.05, 0.1) is 6.61 Å². The Morgan fingerprint density at radius 1 is 0.906 bits per heavy atom. The molecule has 1 atom stereocenters. The summed E-state index contributed by atoms with van der Waals surface area (Å²) in [5, 5.41) is 15.4. The van der Waals surface area contributed by atoms with Crippen molar-refractivity contribution in [2.24, 2.45) is 0 Å². The number of nitrogens with zero attached hydrogens (tertiary/aromatic N) is 1. The Bertz CT molecular complexity index is 905. The van der Waals surface area contributed by atoms with E-state index < -0.39 is 0 Å². The van der Waals surface area contributed by atoms with E-state index in [2.05, 4.69) is 84.7 Å². The zero-order valence-corrected chi connectivity index (χ0v) is 20.6. The van der Waals surface area contributed by atoms with Crippen molar-refractivity contribution >= 4 is 35.6 Å². The molecule has 4 nitrogen and oxygen atoms in total. The minimum Gasteiger partial charge on any atom is -0.492 e. The third kappa shape index (κ3) is 7.65. The van der Waals surface area contributed by atoms with Gasteiger partial charge in [0.15, 0.2) is 0 Å². The van der Waals surface area contributed by atoms with Crippen LogP contribution >= 0.6 is 24.8 Å². The molecule has 3 aromatic carbocycles. The summed E-state index contributed by atoms with van der Waals surface area (Å²) in [4.78, 5) is 2.37. The van der Waals surface area contributed by atoms with E-state index in [9.17, 15) is 5.11 Å². The molecule has 0 aliphatic carbocycles. The number of likely N-dealkylation sites (N-methyl/N-ethyl adjacent to an activating group) is 1. The van der Waals surface area contributed by atoms with Crippen molar-refractivity contribution < 1.29 is 9.84 Å². The van der Waals surface area contributed by atoms with Gasteiger partial charge in [0, 0.05) is 24.7 Å². The molecule has 0 amide bonds. The van der Waals surface area contributed by atoms with Crippen LogP contribution in [0.15, 0.2) is 66.7 Å². The summed E-state index contributed by atoms with van der Waals surface area (Å²) in [6, 6.07) is 23.2. The number of fused-ring (bicyclic) bond motifs is 1. The van der Waals surface area contributed by atoms with Gasteiger partial charge in [-0.3, -0.25) is 0 Å². The van der Waals surface area contributed by atoms with Crippen molar-refractivity contribution in [3.63, 3.8) is 0 Å². The molecule has 2 N–H and O–H groups in total. The Balaban J connectivity index is 0.00000256. The molecule has 0 radical (unpaired) electrons. The number of rotatable bonds is 12. The van der Waals surface area contributed by atoms with Gasteiger partial charge in [0.25, 0.3) is 0 Å². The molecule has 32 heavy (non-hydrogen) atoms. The summed E-state index contributed by atoms with van der Waals surface area (Å²) in [5.74, 6) is 0.923. The zero-order valence-electron chi connectivity index (χ0n) is 19.0. The van der Waals surface area contributed by atoms with Crippen LogP contribution in [0.3, 0.4) is 0 Å². The SMILES string of the molecule is CCN(CC)CCOc1ccc2ccccc2c1C(Cc1ccccc1)NCCO.Cl.Cl. The van der Waals surface area contributed by atoms with Gasteiger partial charge in [-0.05, 0) is 41.9 Å². The summed E-state index contributed by atoms with van der Waals surface area (Å²) in [6.45, 7) is 8.63. The molecule has 0 aliphatic heterocycles. The second-order valence-corrected chi connectivity index (χ2v) is 7.49. The van der Waals surface area contributed by atoms with Gasteiger partial charge in [0.1, 0.15) is 12.4 Å². The zero-order chi connectivity index (χ0) is 21.2. The number of nitrogens with one attached hydrogen (secondary N) is 1. The van der Waals surface area contributed by atoms with Gasteiger partial charge in [-0.15, -0.1) is 24.8 Å². The van der Waals surface area contributed by atoms with Crippen molar-refractivity contribution in [2.75, 3.05) is 39.4 Å². The number of hydrogen-bond acceptors (Lipinski definition) is 4. The van der Waals surface area contributed by atoms with Crippen LogP contribution in [0.1, 0.15) is 31.0 Å². The highest BCUT2D eigenvalue weighted by Crippen LogP contribution is 2.35. The normalized spacial score (nSPS) is 11.6. The van der Waals surface area contributed by atoms with Crippen LogP contribution in [0.4, 0.5) is 0 Å². The van der Waals surface area contributed by atoms with Crippen LogP contribution in [0.2, 0.25) is 0 Å². The molecular weight excluding hydrogens is 443 g/mol. The standard InChI is InChI=1S/C26H34N2O2.2ClH/c1-3-28(4-2)17-19-30-25-15-14-22-12-8-9-13-23(22)26(25)24(27-16-18-29)20-21-10-6-5-7-11-21;;/h5-15,24,27,29H,3-4,16-20H2,1-2H3;2*1H. The Morgan fingerprint density at radius 2 is 1.59 bits per heavy atom. The van der Waals surface area contributed by atoms with E-state index in [4.69, 9.17) is 4.74 Å². The molecule has 3 rings (SSSR count). The highest BCUT2D eigenvalue weighted by Gasteiger charge is 2.20. The Hall–Kier alpha value is -1.82. The number of aliphatic hydroxyl groups excluding tert-OH is 1. The molecule has 176 valence electrons. The number of halogens is 2. The number of aliphatic hydroxyl groups is 1. The average molecular weight is 479 g/mol. The van der Waals surface area contributed by atoms with Crippen molar-refractivity contribution in [2.45, 2.75) is 26.3 Å². The van der Waals surface area contributed by atoms with Gasteiger partial charge in [-0.25, -0.2) is 0 Å². The summed E-state index contributed by atoms with van der Waals surface area (Å²) >= 11 is 0. The smallest absolute Gasteiger partial charge is 0.124 e. The minimum atomic E-state index is 0. The lowest BCUT2D eigenvalue weighted by atomic mass is 9.93. The first-order valence-electron chi connectivity index (χ1n) is 11.0. The second kappa shape index (κ2) is 15.1. The second-order valence-electron chi connectivity index (χ2n) is 7.49. The third-order valence-corrected chi connectivity index (χ3v) is 5.62. The van der Waals surface area contributed by atoms with E-state index in [1.54, 1.807) is 0 Å². The molecule has 0 saturated heterocycles. The largest absolute Gasteiger partial charge is 0.492 e. The van der Waals surface area contributed by atoms with Crippen molar-refractivity contribution in [3.8, 4) is 5.75 Å². The summed E-state index contributed by atoms with van der Waals surface area (Å²) in [7, 11) is 0. The predicted molar refractivity (Wildman–Crippen MR) is 140 cm³/mol. The molecular formula is C26H36Cl2N2O2. The molecule has 0 heterocycles. The van der Waals surface area contributed by atoms with Crippen molar-refractivity contribution in [1.29, 1.82) is 0 Å². The fourth-order valence-corrected chi connectivity index (χ4v) is 3.95. The number of benzene rings is 3. The van der Waals surface area contributed by atoms with Crippen molar-refractivity contribution in [1.82, 2.24) is 10.2 Å². The maximum atomic E-state index is 9.47. The van der Waals surface area contributed by atoms with Gasteiger partial charge in [0.2, 0.25) is 0 Å². The molecule has 0 bridgehead atoms. The monoisotopic (exact) mass is 478 g/mol. The van der Waals surface area contributed by atoms with Crippen LogP contribution in [0, 0.1) is 0 Å². The quantitative estimate of drug-likeness (QED) is 0.372. The topological polar surface area (TPSA) is 44.7 Å². The van der Waals surface area contributed by atoms with Gasteiger partial charge in [-0.1, -0.05) is 74.5 Å². The van der Waals surface area contributed by atoms with Gasteiger partial charge < -0.3 is 20.1 Å². The summed E-state index contributed by atoms with van der Waals surface area (Å²) < 4.78 is 6.33. The first-order valence-corrected chi connectivity index (χ1v) is 11.0. The van der Waals surface area contributed by atoms with E-state index >= 15 is 0 Å². The number of hydrogen-bond donors (Lipinski definition) is 2. The molecule has 0 saturated carbocycles. The lowest BCUT2D eigenvalue weighted by Gasteiger charge is -2.25. The fourth-order valence-electron chi connectivity index (χ4n) is 3.95. The Morgan fingerprint density at radius 3 is 2.28 bits per heavy atom. The molecule has 0 aliphatic rings. The van der Waals surface area contributed by atoms with Crippen LogP contribution < -0.4 is 10.1 Å². The lowest BCUT2D eigenvalue weighted by Crippen LogP contribution is -2.29. The lowest BCUT2D eigenvalue weighted by molar-refractivity contribution is 0.220. The summed E-state index contributed by atoms with van der Waals surface area (Å²) in [6.07, 6.45) is 0.835. The van der Waals surface area contributed by atoms with E-state index in [1.807, 2.05) is 6.07 Å². The maximum absolute atomic E-state index is 9.47. The van der Waals surface area contributed by atoms with E-state index in [1.165, 1.54) is 21.9 Å². The first kappa shape index (κ1) is 28.2. The number of ether oxygens (including phenoxy) is 1. The van der Waals surface area contributed by atoms with Crippen LogP contribution in [0.25, 0.3) is 10.8 Å². The highest BCUT2D eigenvalue weighted by atomic mass is 35.5. The fraction of sp³-hybridized carbons (Fsp3) is 0.385. The molecule has 1 unspecified atom stereocenters.